The summed E-state index contributed by atoms with van der Waals surface area (Å²) < 4.78 is 2.02. The highest BCUT2D eigenvalue weighted by molar-refractivity contribution is 4.89. The smallest absolute Gasteiger partial charge is 0.141 e. The van der Waals surface area contributed by atoms with Crippen molar-refractivity contribution in [1.82, 2.24) is 19.7 Å². The average molecular weight is 266 g/mol. The van der Waals surface area contributed by atoms with Crippen LogP contribution in [0.15, 0.2) is 6.33 Å². The maximum absolute atomic E-state index is 9.57. The van der Waals surface area contributed by atoms with Crippen LogP contribution in [0.4, 0.5) is 0 Å². The average Bonchev–Trinajstić information content (AvgIpc) is 2.89. The van der Waals surface area contributed by atoms with Crippen molar-refractivity contribution in [3.63, 3.8) is 0 Å². The number of hydrogen-bond acceptors (Lipinski definition) is 4. The van der Waals surface area contributed by atoms with E-state index in [0.29, 0.717) is 12.0 Å². The summed E-state index contributed by atoms with van der Waals surface area (Å²) in [5.41, 5.74) is 0. The number of nitrogens with zero attached hydrogens (tertiary/aromatic N) is 4. The molecule has 19 heavy (non-hydrogen) atoms. The predicted octanol–water partition coefficient (Wildman–Crippen LogP) is 1.67. The van der Waals surface area contributed by atoms with Gasteiger partial charge in [0.05, 0.1) is 12.6 Å². The fourth-order valence-electron chi connectivity index (χ4n) is 2.85. The van der Waals surface area contributed by atoms with E-state index in [9.17, 15) is 5.11 Å². The first-order valence-corrected chi connectivity index (χ1v) is 7.35. The van der Waals surface area contributed by atoms with Crippen molar-refractivity contribution in [1.29, 1.82) is 0 Å². The summed E-state index contributed by atoms with van der Waals surface area (Å²) in [6.45, 7) is 9.13. The van der Waals surface area contributed by atoms with E-state index in [1.54, 1.807) is 6.33 Å². The van der Waals surface area contributed by atoms with Crippen molar-refractivity contribution < 1.29 is 5.11 Å². The molecule has 1 fully saturated rings. The third kappa shape index (κ3) is 4.01. The molecule has 1 aliphatic rings. The molecule has 1 N–H and O–H groups in total. The van der Waals surface area contributed by atoms with Crippen molar-refractivity contribution in [2.24, 2.45) is 5.92 Å². The van der Waals surface area contributed by atoms with Crippen LogP contribution in [-0.4, -0.2) is 43.5 Å². The Labute approximate surface area is 115 Å². The molecule has 5 nitrogen and oxygen atoms in total. The van der Waals surface area contributed by atoms with E-state index in [2.05, 4.69) is 28.8 Å². The maximum atomic E-state index is 9.57. The standard InChI is InChI=1S/C14H26N4O/c1-11(2)8-18-14(15-10-16-18)9-17-6-4-5-13(17)7-12(3)19/h10-13,19H,4-9H2,1-3H3. The Kier molecular flexibility index (Phi) is 4.93. The Hall–Kier alpha value is -0.940. The second kappa shape index (κ2) is 6.48. The van der Waals surface area contributed by atoms with Gasteiger partial charge in [-0.3, -0.25) is 4.90 Å². The molecule has 0 radical (unpaired) electrons. The summed E-state index contributed by atoms with van der Waals surface area (Å²) in [5, 5.41) is 13.9. The summed E-state index contributed by atoms with van der Waals surface area (Å²) in [4.78, 5) is 6.83. The third-order valence-corrected chi connectivity index (χ3v) is 3.69. The van der Waals surface area contributed by atoms with Gasteiger partial charge in [-0.05, 0) is 38.6 Å². The minimum Gasteiger partial charge on any atom is -0.393 e. The molecule has 0 aromatic carbocycles. The van der Waals surface area contributed by atoms with E-state index >= 15 is 0 Å². The second-order valence-electron chi connectivity index (χ2n) is 6.10. The zero-order valence-electron chi connectivity index (χ0n) is 12.3. The zero-order chi connectivity index (χ0) is 13.8. The number of rotatable bonds is 6. The molecule has 2 atom stereocenters. The van der Waals surface area contributed by atoms with Gasteiger partial charge in [-0.2, -0.15) is 5.10 Å². The topological polar surface area (TPSA) is 54.2 Å². The largest absolute Gasteiger partial charge is 0.393 e. The highest BCUT2D eigenvalue weighted by Gasteiger charge is 2.26. The van der Waals surface area contributed by atoms with Crippen molar-refractivity contribution in [3.05, 3.63) is 12.2 Å². The number of aliphatic hydroxyl groups is 1. The van der Waals surface area contributed by atoms with Gasteiger partial charge < -0.3 is 5.11 Å². The lowest BCUT2D eigenvalue weighted by Crippen LogP contribution is -2.32. The molecule has 5 heteroatoms. The SMILES string of the molecule is CC(C)Cn1ncnc1CN1CCCC1CC(C)O. The van der Waals surface area contributed by atoms with Crippen molar-refractivity contribution >= 4 is 0 Å². The molecule has 0 aliphatic carbocycles. The zero-order valence-corrected chi connectivity index (χ0v) is 12.3. The number of aromatic nitrogens is 3. The fraction of sp³-hybridized carbons (Fsp3) is 0.857. The molecule has 0 amide bonds. The Morgan fingerprint density at radius 1 is 1.42 bits per heavy atom. The van der Waals surface area contributed by atoms with Crippen LogP contribution in [0.2, 0.25) is 0 Å². The highest BCUT2D eigenvalue weighted by atomic mass is 16.3. The van der Waals surface area contributed by atoms with Crippen LogP contribution in [0.1, 0.15) is 45.9 Å². The first kappa shape index (κ1) is 14.5. The summed E-state index contributed by atoms with van der Waals surface area (Å²) in [6.07, 6.45) is 4.69. The van der Waals surface area contributed by atoms with Crippen molar-refractivity contribution in [2.75, 3.05) is 6.54 Å². The predicted molar refractivity (Wildman–Crippen MR) is 74.6 cm³/mol. The summed E-state index contributed by atoms with van der Waals surface area (Å²) >= 11 is 0. The van der Waals surface area contributed by atoms with Gasteiger partial charge in [0.15, 0.2) is 0 Å². The van der Waals surface area contributed by atoms with Gasteiger partial charge in [0.2, 0.25) is 0 Å². The first-order valence-electron chi connectivity index (χ1n) is 7.35. The van der Waals surface area contributed by atoms with E-state index in [1.807, 2.05) is 11.6 Å². The summed E-state index contributed by atoms with van der Waals surface area (Å²) in [7, 11) is 0. The van der Waals surface area contributed by atoms with Gasteiger partial charge in [0, 0.05) is 12.6 Å². The first-order chi connectivity index (χ1) is 9.06. The minimum atomic E-state index is -0.223. The van der Waals surface area contributed by atoms with Gasteiger partial charge >= 0.3 is 0 Å². The van der Waals surface area contributed by atoms with Gasteiger partial charge in [-0.25, -0.2) is 9.67 Å². The fourth-order valence-corrected chi connectivity index (χ4v) is 2.85. The number of aliphatic hydroxyl groups excluding tert-OH is 1. The molecule has 2 rings (SSSR count). The van der Waals surface area contributed by atoms with Crippen LogP contribution in [0, 0.1) is 5.92 Å². The van der Waals surface area contributed by atoms with Gasteiger partial charge in [0.1, 0.15) is 12.2 Å². The molecule has 0 saturated carbocycles. The van der Waals surface area contributed by atoms with E-state index in [1.165, 1.54) is 12.8 Å². The van der Waals surface area contributed by atoms with Crippen LogP contribution in [0.5, 0.6) is 0 Å². The molecule has 0 spiro atoms. The van der Waals surface area contributed by atoms with E-state index in [0.717, 1.165) is 31.9 Å². The Bertz CT molecular complexity index is 389. The van der Waals surface area contributed by atoms with Crippen LogP contribution in [-0.2, 0) is 13.1 Å². The van der Waals surface area contributed by atoms with Crippen LogP contribution in [0.25, 0.3) is 0 Å². The Balaban J connectivity index is 1.98. The number of likely N-dealkylation sites (tertiary alicyclic amines) is 1. The summed E-state index contributed by atoms with van der Waals surface area (Å²) in [5.74, 6) is 1.62. The molecular weight excluding hydrogens is 240 g/mol. The lowest BCUT2D eigenvalue weighted by Gasteiger charge is -2.25. The van der Waals surface area contributed by atoms with Gasteiger partial charge in [-0.15, -0.1) is 0 Å². The monoisotopic (exact) mass is 266 g/mol. The number of hydrogen-bond donors (Lipinski definition) is 1. The van der Waals surface area contributed by atoms with Gasteiger partial charge in [-0.1, -0.05) is 13.8 Å². The lowest BCUT2D eigenvalue weighted by atomic mass is 10.1. The second-order valence-corrected chi connectivity index (χ2v) is 6.10. The van der Waals surface area contributed by atoms with Crippen LogP contribution < -0.4 is 0 Å². The summed E-state index contributed by atoms with van der Waals surface area (Å²) in [6, 6.07) is 0.490. The van der Waals surface area contributed by atoms with E-state index in [4.69, 9.17) is 0 Å². The maximum Gasteiger partial charge on any atom is 0.141 e. The normalized spacial score (nSPS) is 22.3. The van der Waals surface area contributed by atoms with Crippen LogP contribution >= 0.6 is 0 Å². The van der Waals surface area contributed by atoms with Crippen molar-refractivity contribution in [3.8, 4) is 0 Å². The molecule has 108 valence electrons. The molecule has 0 bridgehead atoms. The van der Waals surface area contributed by atoms with E-state index < -0.39 is 0 Å². The molecule has 1 aliphatic heterocycles. The third-order valence-electron chi connectivity index (χ3n) is 3.69. The molecule has 2 heterocycles. The van der Waals surface area contributed by atoms with Gasteiger partial charge in [0.25, 0.3) is 0 Å². The quantitative estimate of drug-likeness (QED) is 0.851. The van der Waals surface area contributed by atoms with Crippen molar-refractivity contribution in [2.45, 2.75) is 65.3 Å². The minimum absolute atomic E-state index is 0.223. The Morgan fingerprint density at radius 2 is 2.21 bits per heavy atom. The molecule has 1 aromatic heterocycles. The van der Waals surface area contributed by atoms with E-state index in [-0.39, 0.29) is 6.10 Å². The molecule has 1 saturated heterocycles. The Morgan fingerprint density at radius 3 is 2.89 bits per heavy atom. The molecular formula is C14H26N4O. The van der Waals surface area contributed by atoms with Crippen LogP contribution in [0.3, 0.4) is 0 Å². The molecule has 1 aromatic rings. The lowest BCUT2D eigenvalue weighted by molar-refractivity contribution is 0.128. The highest BCUT2D eigenvalue weighted by Crippen LogP contribution is 2.23. The molecule has 2 unspecified atom stereocenters.